The largest absolute Gasteiger partial charge is 0.482 e. The van der Waals surface area contributed by atoms with E-state index in [2.05, 4.69) is 37.5 Å². The second-order valence-electron chi connectivity index (χ2n) is 5.46. The van der Waals surface area contributed by atoms with Gasteiger partial charge in [-0.05, 0) is 36.6 Å². The van der Waals surface area contributed by atoms with Crippen LogP contribution >= 0.6 is 0 Å². The molecule has 2 atom stereocenters. The van der Waals surface area contributed by atoms with Crippen LogP contribution in [0.25, 0.3) is 0 Å². The molecular formula is C15H22N2O2. The van der Waals surface area contributed by atoms with E-state index in [1.807, 2.05) is 19.2 Å². The first-order chi connectivity index (χ1) is 9.02. The monoisotopic (exact) mass is 262 g/mol. The van der Waals surface area contributed by atoms with E-state index in [0.29, 0.717) is 11.8 Å². The summed E-state index contributed by atoms with van der Waals surface area (Å²) in [5, 5.41) is 6.22. The Bertz CT molecular complexity index is 471. The van der Waals surface area contributed by atoms with Crippen molar-refractivity contribution in [3.05, 3.63) is 23.8 Å². The highest BCUT2D eigenvalue weighted by molar-refractivity contribution is 5.95. The zero-order chi connectivity index (χ0) is 14.0. The Kier molecular flexibility index (Phi) is 4.10. The van der Waals surface area contributed by atoms with Gasteiger partial charge < -0.3 is 15.4 Å². The Labute approximate surface area is 114 Å². The van der Waals surface area contributed by atoms with Crippen LogP contribution in [-0.2, 0) is 4.79 Å². The molecule has 0 bridgehead atoms. The van der Waals surface area contributed by atoms with Crippen LogP contribution in [0.1, 0.15) is 32.4 Å². The van der Waals surface area contributed by atoms with Crippen molar-refractivity contribution in [3.8, 4) is 5.75 Å². The number of hydrogen-bond acceptors (Lipinski definition) is 3. The number of carbonyl (C=O) groups excluding carboxylic acids is 1. The third kappa shape index (κ3) is 2.89. The van der Waals surface area contributed by atoms with Gasteiger partial charge in [0.25, 0.3) is 5.91 Å². The predicted octanol–water partition coefficient (Wildman–Crippen LogP) is 2.57. The number of benzene rings is 1. The van der Waals surface area contributed by atoms with Gasteiger partial charge in [-0.15, -0.1) is 0 Å². The Balaban J connectivity index is 2.29. The Morgan fingerprint density at radius 1 is 1.32 bits per heavy atom. The molecule has 1 amide bonds. The molecule has 2 rings (SSSR count). The Morgan fingerprint density at radius 3 is 2.68 bits per heavy atom. The highest BCUT2D eigenvalue weighted by atomic mass is 16.5. The summed E-state index contributed by atoms with van der Waals surface area (Å²) in [4.78, 5) is 11.4. The van der Waals surface area contributed by atoms with Crippen LogP contribution in [0, 0.1) is 11.8 Å². The molecule has 1 aromatic rings. The van der Waals surface area contributed by atoms with Crippen LogP contribution in [-0.4, -0.2) is 19.6 Å². The summed E-state index contributed by atoms with van der Waals surface area (Å²) >= 11 is 0. The minimum Gasteiger partial charge on any atom is -0.482 e. The zero-order valence-electron chi connectivity index (χ0n) is 12.0. The lowest BCUT2D eigenvalue weighted by molar-refractivity contribution is -0.118. The predicted molar refractivity (Wildman–Crippen MR) is 76.4 cm³/mol. The van der Waals surface area contributed by atoms with E-state index in [1.54, 1.807) is 0 Å². The average Bonchev–Trinajstić information content (AvgIpc) is 2.38. The van der Waals surface area contributed by atoms with Crippen LogP contribution in [0.5, 0.6) is 5.75 Å². The maximum atomic E-state index is 11.4. The molecule has 104 valence electrons. The summed E-state index contributed by atoms with van der Waals surface area (Å²) in [5.74, 6) is 1.74. The smallest absolute Gasteiger partial charge is 0.262 e. The van der Waals surface area contributed by atoms with Gasteiger partial charge in [0, 0.05) is 6.04 Å². The summed E-state index contributed by atoms with van der Waals surface area (Å²) in [6.45, 7) is 6.78. The highest BCUT2D eigenvalue weighted by Crippen LogP contribution is 2.34. The third-order valence-electron chi connectivity index (χ3n) is 3.88. The van der Waals surface area contributed by atoms with Crippen LogP contribution in [0.3, 0.4) is 0 Å². The van der Waals surface area contributed by atoms with E-state index in [0.717, 1.165) is 11.4 Å². The van der Waals surface area contributed by atoms with Gasteiger partial charge in [0.2, 0.25) is 0 Å². The van der Waals surface area contributed by atoms with E-state index < -0.39 is 0 Å². The maximum absolute atomic E-state index is 11.4. The molecule has 1 aliphatic rings. The van der Waals surface area contributed by atoms with Crippen LogP contribution in [0.2, 0.25) is 0 Å². The first-order valence-corrected chi connectivity index (χ1v) is 6.76. The molecule has 0 saturated heterocycles. The van der Waals surface area contributed by atoms with Crippen molar-refractivity contribution in [3.63, 3.8) is 0 Å². The summed E-state index contributed by atoms with van der Waals surface area (Å²) in [7, 11) is 1.97. The second-order valence-corrected chi connectivity index (χ2v) is 5.46. The molecule has 1 heterocycles. The molecule has 0 fully saturated rings. The van der Waals surface area contributed by atoms with Gasteiger partial charge in [0.15, 0.2) is 6.61 Å². The molecule has 19 heavy (non-hydrogen) atoms. The second kappa shape index (κ2) is 5.61. The quantitative estimate of drug-likeness (QED) is 0.877. The summed E-state index contributed by atoms with van der Waals surface area (Å²) < 4.78 is 5.38. The molecule has 0 aliphatic carbocycles. The molecule has 0 saturated carbocycles. The van der Waals surface area contributed by atoms with Crippen molar-refractivity contribution in [1.82, 2.24) is 5.32 Å². The zero-order valence-corrected chi connectivity index (χ0v) is 12.0. The van der Waals surface area contributed by atoms with Crippen molar-refractivity contribution in [2.45, 2.75) is 26.8 Å². The number of nitrogens with one attached hydrogen (secondary N) is 2. The van der Waals surface area contributed by atoms with Crippen molar-refractivity contribution >= 4 is 11.6 Å². The van der Waals surface area contributed by atoms with Gasteiger partial charge in [-0.25, -0.2) is 0 Å². The molecule has 4 heteroatoms. The minimum atomic E-state index is -0.0948. The number of anilines is 1. The topological polar surface area (TPSA) is 50.4 Å². The van der Waals surface area contributed by atoms with E-state index in [-0.39, 0.29) is 18.6 Å². The maximum Gasteiger partial charge on any atom is 0.262 e. The lowest BCUT2D eigenvalue weighted by atomic mass is 9.86. The first kappa shape index (κ1) is 13.9. The lowest BCUT2D eigenvalue weighted by Crippen LogP contribution is -2.28. The fourth-order valence-electron chi connectivity index (χ4n) is 2.41. The number of hydrogen-bond donors (Lipinski definition) is 2. The van der Waals surface area contributed by atoms with Gasteiger partial charge in [-0.1, -0.05) is 26.8 Å². The van der Waals surface area contributed by atoms with Gasteiger partial charge in [0.05, 0.1) is 5.69 Å². The fourth-order valence-corrected chi connectivity index (χ4v) is 2.41. The Morgan fingerprint density at radius 2 is 2.05 bits per heavy atom. The number of rotatable bonds is 4. The van der Waals surface area contributed by atoms with E-state index in [9.17, 15) is 4.79 Å². The summed E-state index contributed by atoms with van der Waals surface area (Å²) in [6, 6.07) is 6.27. The fraction of sp³-hybridized carbons (Fsp3) is 0.533. The average molecular weight is 262 g/mol. The van der Waals surface area contributed by atoms with E-state index in [1.165, 1.54) is 5.56 Å². The van der Waals surface area contributed by atoms with E-state index >= 15 is 0 Å². The minimum absolute atomic E-state index is 0.0948. The molecule has 1 aromatic carbocycles. The highest BCUT2D eigenvalue weighted by Gasteiger charge is 2.23. The third-order valence-corrected chi connectivity index (χ3v) is 3.88. The molecule has 0 aromatic heterocycles. The molecular weight excluding hydrogens is 240 g/mol. The standard InChI is InChI=1S/C15H22N2O2/c1-9(2)10(3)15(16-4)11-5-6-13-12(7-11)17-14(18)8-19-13/h5-7,9-10,15-16H,8H2,1-4H3,(H,17,18). The number of ether oxygens (including phenoxy) is 1. The molecule has 1 aliphatic heterocycles. The first-order valence-electron chi connectivity index (χ1n) is 6.76. The van der Waals surface area contributed by atoms with Crippen LogP contribution in [0.15, 0.2) is 18.2 Å². The van der Waals surface area contributed by atoms with Crippen molar-refractivity contribution in [2.24, 2.45) is 11.8 Å². The SMILES string of the molecule is CNC(c1ccc2c(c1)NC(=O)CO2)C(C)C(C)C. The van der Waals surface area contributed by atoms with Gasteiger partial charge >= 0.3 is 0 Å². The molecule has 0 radical (unpaired) electrons. The van der Waals surface area contributed by atoms with Crippen molar-refractivity contribution < 1.29 is 9.53 Å². The number of carbonyl (C=O) groups is 1. The molecule has 2 unspecified atom stereocenters. The van der Waals surface area contributed by atoms with Gasteiger partial charge in [0.1, 0.15) is 5.75 Å². The van der Waals surface area contributed by atoms with Gasteiger partial charge in [-0.3, -0.25) is 4.79 Å². The van der Waals surface area contributed by atoms with Crippen LogP contribution < -0.4 is 15.4 Å². The molecule has 0 spiro atoms. The van der Waals surface area contributed by atoms with Crippen molar-refractivity contribution in [1.29, 1.82) is 0 Å². The number of fused-ring (bicyclic) bond motifs is 1. The van der Waals surface area contributed by atoms with Crippen LogP contribution in [0.4, 0.5) is 5.69 Å². The number of amides is 1. The molecule has 4 nitrogen and oxygen atoms in total. The van der Waals surface area contributed by atoms with E-state index in [4.69, 9.17) is 4.74 Å². The summed E-state index contributed by atoms with van der Waals surface area (Å²) in [6.07, 6.45) is 0. The summed E-state index contributed by atoms with van der Waals surface area (Å²) in [5.41, 5.74) is 1.94. The lowest BCUT2D eigenvalue weighted by Gasteiger charge is -2.28. The molecule has 2 N–H and O–H groups in total. The normalized spacial score (nSPS) is 17.4. The Hall–Kier alpha value is -1.55. The van der Waals surface area contributed by atoms with Crippen molar-refractivity contribution in [2.75, 3.05) is 19.0 Å². The van der Waals surface area contributed by atoms with Gasteiger partial charge in [-0.2, -0.15) is 0 Å².